The van der Waals surface area contributed by atoms with E-state index in [0.29, 0.717) is 12.4 Å². The minimum Gasteiger partial charge on any atom is -0.478 e. The van der Waals surface area contributed by atoms with Crippen LogP contribution in [0.1, 0.15) is 35.0 Å². The number of aromatic nitrogens is 3. The maximum atomic E-state index is 11.3. The Morgan fingerprint density at radius 1 is 1.48 bits per heavy atom. The first-order valence-corrected chi connectivity index (χ1v) is 7.68. The van der Waals surface area contributed by atoms with E-state index >= 15 is 0 Å². The van der Waals surface area contributed by atoms with Gasteiger partial charge in [0.1, 0.15) is 17.5 Å². The van der Waals surface area contributed by atoms with Gasteiger partial charge in [0.2, 0.25) is 0 Å². The minimum atomic E-state index is -0.983. The van der Waals surface area contributed by atoms with Gasteiger partial charge in [-0.3, -0.25) is 4.68 Å². The van der Waals surface area contributed by atoms with E-state index in [0.717, 1.165) is 25.1 Å². The first kappa shape index (κ1) is 15.5. The Labute approximate surface area is 134 Å². The fourth-order valence-corrected chi connectivity index (χ4v) is 2.99. The van der Waals surface area contributed by atoms with Crippen LogP contribution in [0, 0.1) is 5.92 Å². The molecule has 0 aliphatic carbocycles. The van der Waals surface area contributed by atoms with Gasteiger partial charge in [0, 0.05) is 38.5 Å². The van der Waals surface area contributed by atoms with Crippen LogP contribution in [0.3, 0.4) is 0 Å². The third-order valence-electron chi connectivity index (χ3n) is 4.16. The maximum Gasteiger partial charge on any atom is 0.339 e. The summed E-state index contributed by atoms with van der Waals surface area (Å²) in [5, 5.41) is 16.6. The number of carbonyl (C=O) groups is 1. The number of aromatic carboxylic acids is 1. The van der Waals surface area contributed by atoms with E-state index in [2.05, 4.69) is 15.4 Å². The summed E-state index contributed by atoms with van der Waals surface area (Å²) in [5.74, 6) is -0.346. The Kier molecular flexibility index (Phi) is 4.57. The van der Waals surface area contributed by atoms with E-state index in [1.54, 1.807) is 24.5 Å². The van der Waals surface area contributed by atoms with Gasteiger partial charge in [-0.25, -0.2) is 9.78 Å². The molecular weight excluding hydrogens is 296 g/mol. The number of nitrogens with zero attached hydrogens (tertiary/aromatic N) is 3. The van der Waals surface area contributed by atoms with Crippen molar-refractivity contribution in [2.45, 2.75) is 18.9 Å². The van der Waals surface area contributed by atoms with Gasteiger partial charge in [0.15, 0.2) is 0 Å². The summed E-state index contributed by atoms with van der Waals surface area (Å²) in [7, 11) is 1.90. The Morgan fingerprint density at radius 2 is 2.35 bits per heavy atom. The lowest BCUT2D eigenvalue weighted by molar-refractivity contribution is -0.0284. The number of carboxylic acid groups (broad SMARTS) is 1. The second-order valence-electron chi connectivity index (χ2n) is 5.66. The number of aryl methyl sites for hydroxylation is 1. The number of pyridine rings is 1. The molecule has 0 amide bonds. The van der Waals surface area contributed by atoms with Crippen molar-refractivity contribution in [3.05, 3.63) is 41.9 Å². The predicted octanol–water partition coefficient (Wildman–Crippen LogP) is 2.09. The van der Waals surface area contributed by atoms with Crippen molar-refractivity contribution in [2.24, 2.45) is 13.0 Å². The first-order chi connectivity index (χ1) is 11.2. The minimum absolute atomic E-state index is 0.0410. The fourth-order valence-electron chi connectivity index (χ4n) is 2.99. The van der Waals surface area contributed by atoms with Crippen molar-refractivity contribution in [3.8, 4) is 0 Å². The molecule has 122 valence electrons. The Bertz CT molecular complexity index is 685. The van der Waals surface area contributed by atoms with Gasteiger partial charge < -0.3 is 15.2 Å². The summed E-state index contributed by atoms with van der Waals surface area (Å²) in [5.41, 5.74) is 1.22. The summed E-state index contributed by atoms with van der Waals surface area (Å²) >= 11 is 0. The highest BCUT2D eigenvalue weighted by Crippen LogP contribution is 2.33. The Balaban J connectivity index is 1.73. The lowest BCUT2D eigenvalue weighted by Crippen LogP contribution is -2.30. The van der Waals surface area contributed by atoms with Crippen molar-refractivity contribution < 1.29 is 14.6 Å². The monoisotopic (exact) mass is 316 g/mol. The topological polar surface area (TPSA) is 89.3 Å². The molecule has 1 aliphatic rings. The molecule has 7 heteroatoms. The van der Waals surface area contributed by atoms with Crippen LogP contribution < -0.4 is 5.32 Å². The molecule has 0 saturated carbocycles. The number of nitrogens with one attached hydrogen (secondary N) is 1. The zero-order chi connectivity index (χ0) is 16.2. The van der Waals surface area contributed by atoms with Crippen LogP contribution in [0.4, 0.5) is 5.82 Å². The summed E-state index contributed by atoms with van der Waals surface area (Å²) in [6, 6.07) is 5.14. The lowest BCUT2D eigenvalue weighted by atomic mass is 9.92. The van der Waals surface area contributed by atoms with Crippen LogP contribution >= 0.6 is 0 Å². The molecule has 3 rings (SSSR count). The highest BCUT2D eigenvalue weighted by atomic mass is 16.5. The highest BCUT2D eigenvalue weighted by molar-refractivity contribution is 5.92. The maximum absolute atomic E-state index is 11.3. The molecule has 2 aromatic rings. The summed E-state index contributed by atoms with van der Waals surface area (Å²) in [4.78, 5) is 15.4. The van der Waals surface area contributed by atoms with E-state index in [1.807, 2.05) is 17.8 Å². The standard InChI is InChI=1S/C16H20N4O3/c1-20-13(6-8-19-20)14-11(4-3-9-23-14)10-18-15-12(16(21)22)5-2-7-17-15/h2,5-8,11,14H,3-4,9-10H2,1H3,(H,17,18)(H,21,22)/t11-,14+/m0/s1. The van der Waals surface area contributed by atoms with E-state index in [-0.39, 0.29) is 17.6 Å². The molecule has 1 aliphatic heterocycles. The molecule has 1 fully saturated rings. The quantitative estimate of drug-likeness (QED) is 0.878. The van der Waals surface area contributed by atoms with Gasteiger partial charge in [-0.15, -0.1) is 0 Å². The van der Waals surface area contributed by atoms with Crippen molar-refractivity contribution in [1.82, 2.24) is 14.8 Å². The smallest absolute Gasteiger partial charge is 0.339 e. The second kappa shape index (κ2) is 6.78. The molecule has 0 radical (unpaired) electrons. The third-order valence-corrected chi connectivity index (χ3v) is 4.16. The average molecular weight is 316 g/mol. The van der Waals surface area contributed by atoms with Crippen LogP contribution in [0.5, 0.6) is 0 Å². The van der Waals surface area contributed by atoms with Crippen LogP contribution in [-0.2, 0) is 11.8 Å². The number of anilines is 1. The van der Waals surface area contributed by atoms with Gasteiger partial charge in [-0.2, -0.15) is 5.10 Å². The van der Waals surface area contributed by atoms with E-state index in [9.17, 15) is 9.90 Å². The van der Waals surface area contributed by atoms with Crippen molar-refractivity contribution >= 4 is 11.8 Å². The Morgan fingerprint density at radius 3 is 3.09 bits per heavy atom. The molecule has 0 spiro atoms. The van der Waals surface area contributed by atoms with Gasteiger partial charge in [-0.1, -0.05) is 0 Å². The third kappa shape index (κ3) is 3.34. The van der Waals surface area contributed by atoms with E-state index in [1.165, 1.54) is 0 Å². The number of carboxylic acids is 1. The molecule has 3 heterocycles. The molecule has 2 aromatic heterocycles. The molecule has 2 N–H and O–H groups in total. The molecule has 0 bridgehead atoms. The van der Waals surface area contributed by atoms with Crippen molar-refractivity contribution in [2.75, 3.05) is 18.5 Å². The van der Waals surface area contributed by atoms with Crippen molar-refractivity contribution in [1.29, 1.82) is 0 Å². The van der Waals surface area contributed by atoms with Gasteiger partial charge >= 0.3 is 5.97 Å². The zero-order valence-corrected chi connectivity index (χ0v) is 13.0. The Hall–Kier alpha value is -2.41. The molecule has 1 saturated heterocycles. The lowest BCUT2D eigenvalue weighted by Gasteiger charge is -2.32. The zero-order valence-electron chi connectivity index (χ0n) is 13.0. The summed E-state index contributed by atoms with van der Waals surface area (Å²) in [6.07, 6.45) is 5.32. The summed E-state index contributed by atoms with van der Waals surface area (Å²) < 4.78 is 7.77. The van der Waals surface area contributed by atoms with Crippen molar-refractivity contribution in [3.63, 3.8) is 0 Å². The SMILES string of the molecule is Cn1nccc1[C@@H]1OCCC[C@H]1CNc1ncccc1C(=O)O. The number of ether oxygens (including phenoxy) is 1. The molecular formula is C16H20N4O3. The normalized spacial score (nSPS) is 21.1. The second-order valence-corrected chi connectivity index (χ2v) is 5.66. The van der Waals surface area contributed by atoms with Crippen LogP contribution in [0.25, 0.3) is 0 Å². The fraction of sp³-hybridized carbons (Fsp3) is 0.438. The molecule has 0 unspecified atom stereocenters. The van der Waals surface area contributed by atoms with E-state index in [4.69, 9.17) is 4.74 Å². The van der Waals surface area contributed by atoms with Gasteiger partial charge in [0.05, 0.1) is 5.69 Å². The molecule has 2 atom stereocenters. The first-order valence-electron chi connectivity index (χ1n) is 7.68. The molecule has 7 nitrogen and oxygen atoms in total. The highest BCUT2D eigenvalue weighted by Gasteiger charge is 2.29. The molecule has 0 aromatic carbocycles. The number of rotatable bonds is 5. The van der Waals surface area contributed by atoms with Crippen LogP contribution in [0.15, 0.2) is 30.6 Å². The number of hydrogen-bond donors (Lipinski definition) is 2. The number of hydrogen-bond acceptors (Lipinski definition) is 5. The average Bonchev–Trinajstić information content (AvgIpc) is 2.99. The largest absolute Gasteiger partial charge is 0.478 e. The predicted molar refractivity (Wildman–Crippen MR) is 84.3 cm³/mol. The summed E-state index contributed by atoms with van der Waals surface area (Å²) in [6.45, 7) is 1.34. The van der Waals surface area contributed by atoms with Crippen LogP contribution in [0.2, 0.25) is 0 Å². The van der Waals surface area contributed by atoms with Gasteiger partial charge in [0.25, 0.3) is 0 Å². The van der Waals surface area contributed by atoms with E-state index < -0.39 is 5.97 Å². The van der Waals surface area contributed by atoms with Crippen LogP contribution in [-0.4, -0.2) is 39.0 Å². The molecule has 23 heavy (non-hydrogen) atoms. The van der Waals surface area contributed by atoms with Gasteiger partial charge in [-0.05, 0) is 31.0 Å².